The van der Waals surface area contributed by atoms with Gasteiger partial charge in [-0.2, -0.15) is 8.42 Å². The van der Waals surface area contributed by atoms with E-state index in [2.05, 4.69) is 0 Å². The van der Waals surface area contributed by atoms with Crippen molar-refractivity contribution in [2.75, 3.05) is 13.2 Å². The van der Waals surface area contributed by atoms with Crippen LogP contribution in [-0.4, -0.2) is 32.7 Å². The van der Waals surface area contributed by atoms with Gasteiger partial charge in [-0.1, -0.05) is 37.5 Å². The molecule has 1 aliphatic carbocycles. The molecular weight excluding hydrogens is 506 g/mol. The summed E-state index contributed by atoms with van der Waals surface area (Å²) in [5, 5.41) is 0. The Hall–Kier alpha value is -1.77. The van der Waals surface area contributed by atoms with E-state index in [0.717, 1.165) is 24.8 Å². The number of rotatable bonds is 14. The van der Waals surface area contributed by atoms with Crippen molar-refractivity contribution in [2.24, 2.45) is 0 Å². The van der Waals surface area contributed by atoms with E-state index in [9.17, 15) is 17.4 Å². The third kappa shape index (κ3) is 8.38. The van der Waals surface area contributed by atoms with Crippen LogP contribution in [0.15, 0.2) is 48.5 Å². The Morgan fingerprint density at radius 2 is 1.61 bits per heavy atom. The molecule has 0 radical (unpaired) electrons. The SMILES string of the molecule is CCOP(=O)(OCC)C(CCCc1cccc(Oc2cccc(F)c2)c1)S(=O)(=O)OC1CCCCC1. The van der Waals surface area contributed by atoms with Gasteiger partial charge < -0.3 is 13.8 Å². The number of benzene rings is 2. The molecule has 2 aromatic carbocycles. The van der Waals surface area contributed by atoms with Crippen LogP contribution in [0.25, 0.3) is 0 Å². The van der Waals surface area contributed by atoms with Gasteiger partial charge in [0.25, 0.3) is 10.1 Å². The van der Waals surface area contributed by atoms with E-state index in [1.165, 1.54) is 12.1 Å². The van der Waals surface area contributed by atoms with E-state index in [0.29, 0.717) is 37.2 Å². The smallest absolute Gasteiger partial charge is 0.351 e. The Kier molecular flexibility index (Phi) is 10.9. The molecule has 1 atom stereocenters. The van der Waals surface area contributed by atoms with Crippen molar-refractivity contribution in [3.8, 4) is 11.5 Å². The lowest BCUT2D eigenvalue weighted by Gasteiger charge is -2.28. The van der Waals surface area contributed by atoms with E-state index >= 15 is 0 Å². The molecule has 0 aliphatic heterocycles. The molecule has 36 heavy (non-hydrogen) atoms. The van der Waals surface area contributed by atoms with Crippen LogP contribution in [0, 0.1) is 5.82 Å². The Labute approximate surface area is 214 Å². The van der Waals surface area contributed by atoms with Crippen LogP contribution < -0.4 is 4.74 Å². The first-order chi connectivity index (χ1) is 17.3. The number of aryl methyl sites for hydroxylation is 1. The molecule has 10 heteroatoms. The Bertz CT molecular complexity index is 1110. The molecule has 200 valence electrons. The van der Waals surface area contributed by atoms with Gasteiger partial charge in [0.1, 0.15) is 17.3 Å². The molecule has 2 aromatic rings. The van der Waals surface area contributed by atoms with Gasteiger partial charge in [0.15, 0.2) is 4.99 Å². The second kappa shape index (κ2) is 13.7. The minimum absolute atomic E-state index is 0.0569. The van der Waals surface area contributed by atoms with Crippen molar-refractivity contribution >= 4 is 17.7 Å². The predicted molar refractivity (Wildman–Crippen MR) is 137 cm³/mol. The van der Waals surface area contributed by atoms with E-state index < -0.39 is 28.8 Å². The highest BCUT2D eigenvalue weighted by atomic mass is 32.2. The summed E-state index contributed by atoms with van der Waals surface area (Å²) in [5.74, 6) is 0.532. The molecule has 1 aliphatic rings. The van der Waals surface area contributed by atoms with E-state index in [-0.39, 0.29) is 25.5 Å². The number of ether oxygens (including phenoxy) is 1. The summed E-state index contributed by atoms with van der Waals surface area (Å²) in [4.78, 5) is -1.40. The van der Waals surface area contributed by atoms with Crippen molar-refractivity contribution in [2.45, 2.75) is 76.3 Å². The number of hydrogen-bond donors (Lipinski definition) is 0. The molecular formula is C26H36FO7PS. The zero-order chi connectivity index (χ0) is 26.0. The fraction of sp³-hybridized carbons (Fsp3) is 0.538. The summed E-state index contributed by atoms with van der Waals surface area (Å²) in [5.41, 5.74) is 0.899. The lowest BCUT2D eigenvalue weighted by molar-refractivity contribution is 0.158. The van der Waals surface area contributed by atoms with E-state index in [4.69, 9.17) is 18.0 Å². The fourth-order valence-electron chi connectivity index (χ4n) is 4.35. The molecule has 0 aromatic heterocycles. The zero-order valence-corrected chi connectivity index (χ0v) is 22.6. The Morgan fingerprint density at radius 3 is 2.25 bits per heavy atom. The van der Waals surface area contributed by atoms with E-state index in [1.807, 2.05) is 18.2 Å². The molecule has 0 heterocycles. The number of hydrogen-bond acceptors (Lipinski definition) is 7. The van der Waals surface area contributed by atoms with Crippen LogP contribution in [0.5, 0.6) is 11.5 Å². The maximum Gasteiger partial charge on any atom is 0.351 e. The van der Waals surface area contributed by atoms with Crippen molar-refractivity contribution in [1.29, 1.82) is 0 Å². The summed E-state index contributed by atoms with van der Waals surface area (Å²) in [7, 11) is -8.18. The standard InChI is InChI=1S/C26H36FO7PS/c1-3-31-35(28,32-4-2)26(36(29,30)34-23-14-6-5-7-15-23)18-9-12-21-11-8-16-24(19-21)33-25-17-10-13-22(27)20-25/h8,10-11,13,16-17,19-20,23,26H,3-7,9,12,14-15,18H2,1-2H3. The molecule has 1 unspecified atom stereocenters. The molecule has 1 fully saturated rings. The topological polar surface area (TPSA) is 88.1 Å². The minimum Gasteiger partial charge on any atom is -0.457 e. The Balaban J connectivity index is 1.72. The van der Waals surface area contributed by atoms with Crippen LogP contribution in [0.2, 0.25) is 0 Å². The summed E-state index contributed by atoms with van der Waals surface area (Å²) < 4.78 is 75.8. The molecule has 0 N–H and O–H groups in total. The Morgan fingerprint density at radius 1 is 0.972 bits per heavy atom. The van der Waals surface area contributed by atoms with Crippen molar-refractivity contribution in [1.82, 2.24) is 0 Å². The average molecular weight is 543 g/mol. The monoisotopic (exact) mass is 542 g/mol. The first-order valence-electron chi connectivity index (χ1n) is 12.6. The fourth-order valence-corrected chi connectivity index (χ4v) is 8.91. The lowest BCUT2D eigenvalue weighted by Crippen LogP contribution is -2.31. The van der Waals surface area contributed by atoms with Crippen LogP contribution in [-0.2, 0) is 34.3 Å². The third-order valence-corrected chi connectivity index (χ3v) is 11.2. The molecule has 1 saturated carbocycles. The van der Waals surface area contributed by atoms with Gasteiger partial charge in [-0.25, -0.2) is 4.39 Å². The average Bonchev–Trinajstić information content (AvgIpc) is 2.82. The predicted octanol–water partition coefficient (Wildman–Crippen LogP) is 7.21. The van der Waals surface area contributed by atoms with E-state index in [1.54, 1.807) is 32.0 Å². The van der Waals surface area contributed by atoms with Gasteiger partial charge >= 0.3 is 7.60 Å². The normalized spacial score (nSPS) is 16.1. The second-order valence-electron chi connectivity index (χ2n) is 8.78. The van der Waals surface area contributed by atoms with Crippen molar-refractivity contribution in [3.63, 3.8) is 0 Å². The van der Waals surface area contributed by atoms with Gasteiger partial charge in [0, 0.05) is 6.07 Å². The lowest BCUT2D eigenvalue weighted by atomic mass is 9.98. The number of halogens is 1. The van der Waals surface area contributed by atoms with Crippen LogP contribution in [0.1, 0.15) is 64.4 Å². The molecule has 0 saturated heterocycles. The first kappa shape index (κ1) is 28.8. The maximum absolute atomic E-state index is 13.6. The summed E-state index contributed by atoms with van der Waals surface area (Å²) in [6.45, 7) is 3.43. The first-order valence-corrected chi connectivity index (χ1v) is 15.7. The van der Waals surface area contributed by atoms with Gasteiger partial charge in [0.05, 0.1) is 19.3 Å². The summed E-state index contributed by atoms with van der Waals surface area (Å²) in [6, 6.07) is 13.2. The largest absolute Gasteiger partial charge is 0.457 e. The van der Waals surface area contributed by atoms with Gasteiger partial charge in [-0.3, -0.25) is 8.75 Å². The molecule has 3 rings (SSSR count). The van der Waals surface area contributed by atoms with Gasteiger partial charge in [-0.05, 0) is 75.8 Å². The van der Waals surface area contributed by atoms with Crippen LogP contribution in [0.4, 0.5) is 4.39 Å². The zero-order valence-electron chi connectivity index (χ0n) is 20.9. The molecule has 0 spiro atoms. The van der Waals surface area contributed by atoms with Gasteiger partial charge in [0.2, 0.25) is 0 Å². The second-order valence-corrected chi connectivity index (χ2v) is 13.1. The highest BCUT2D eigenvalue weighted by molar-refractivity contribution is 7.94. The van der Waals surface area contributed by atoms with Crippen LogP contribution >= 0.6 is 7.60 Å². The van der Waals surface area contributed by atoms with Crippen molar-refractivity contribution in [3.05, 3.63) is 59.9 Å². The minimum atomic E-state index is -4.20. The maximum atomic E-state index is 13.6. The molecule has 7 nitrogen and oxygen atoms in total. The quantitative estimate of drug-likeness (QED) is 0.184. The molecule has 0 amide bonds. The summed E-state index contributed by atoms with van der Waals surface area (Å²) >= 11 is 0. The highest BCUT2D eigenvalue weighted by Crippen LogP contribution is 2.57. The third-order valence-electron chi connectivity index (χ3n) is 5.97. The van der Waals surface area contributed by atoms with Gasteiger partial charge in [-0.15, -0.1) is 0 Å². The summed E-state index contributed by atoms with van der Waals surface area (Å²) in [6.07, 6.45) is 4.78. The highest BCUT2D eigenvalue weighted by Gasteiger charge is 2.46. The van der Waals surface area contributed by atoms with Crippen molar-refractivity contribution < 1.29 is 35.3 Å². The molecule has 0 bridgehead atoms. The van der Waals surface area contributed by atoms with Crippen LogP contribution in [0.3, 0.4) is 0 Å².